The highest BCUT2D eigenvalue weighted by Crippen LogP contribution is 2.23. The van der Waals surface area contributed by atoms with Crippen LogP contribution in [0.3, 0.4) is 0 Å². The van der Waals surface area contributed by atoms with Crippen molar-refractivity contribution < 1.29 is 0 Å². The van der Waals surface area contributed by atoms with Gasteiger partial charge in [-0.1, -0.05) is 37.5 Å². The molecule has 1 heteroatoms. The molecule has 0 aliphatic carbocycles. The molecule has 1 aromatic carbocycles. The molecule has 1 N–H and O–H groups in total. The second-order valence-electron chi connectivity index (χ2n) is 5.20. The van der Waals surface area contributed by atoms with Crippen molar-refractivity contribution in [3.63, 3.8) is 0 Å². The highest BCUT2D eigenvalue weighted by Gasteiger charge is 2.10. The molecule has 1 nitrogen and oxygen atoms in total. The van der Waals surface area contributed by atoms with Crippen LogP contribution in [0, 0.1) is 20.8 Å². The largest absolute Gasteiger partial charge is 0.310 e. The van der Waals surface area contributed by atoms with E-state index in [1.165, 1.54) is 41.5 Å². The van der Waals surface area contributed by atoms with Crippen molar-refractivity contribution in [3.8, 4) is 0 Å². The first-order valence-corrected chi connectivity index (χ1v) is 6.87. The molecule has 1 rings (SSSR count). The van der Waals surface area contributed by atoms with Crippen LogP contribution >= 0.6 is 0 Å². The molecule has 0 radical (unpaired) electrons. The van der Waals surface area contributed by atoms with E-state index in [9.17, 15) is 0 Å². The Bertz CT molecular complexity index is 332. The summed E-state index contributed by atoms with van der Waals surface area (Å²) in [5.41, 5.74) is 5.67. The van der Waals surface area contributed by atoms with Crippen LogP contribution in [0.5, 0.6) is 0 Å². The quantitative estimate of drug-likeness (QED) is 0.716. The number of aryl methyl sites for hydroxylation is 3. The lowest BCUT2D eigenvalue weighted by Crippen LogP contribution is -2.21. The summed E-state index contributed by atoms with van der Waals surface area (Å²) in [6, 6.07) is 5.03. The van der Waals surface area contributed by atoms with Crippen molar-refractivity contribution in [2.75, 3.05) is 6.54 Å². The van der Waals surface area contributed by atoms with Gasteiger partial charge < -0.3 is 5.32 Å². The first-order valence-electron chi connectivity index (χ1n) is 6.87. The molecule has 0 aliphatic rings. The summed E-state index contributed by atoms with van der Waals surface area (Å²) in [5.74, 6) is 0. The zero-order chi connectivity index (χ0) is 12.8. The van der Waals surface area contributed by atoms with Crippen molar-refractivity contribution in [1.29, 1.82) is 0 Å². The molecule has 1 atom stereocenters. The average Bonchev–Trinajstić information content (AvgIpc) is 2.23. The van der Waals surface area contributed by atoms with E-state index in [-0.39, 0.29) is 0 Å². The molecule has 17 heavy (non-hydrogen) atoms. The van der Waals surface area contributed by atoms with Gasteiger partial charge in [0, 0.05) is 6.04 Å². The van der Waals surface area contributed by atoms with Crippen LogP contribution in [0.2, 0.25) is 0 Å². The van der Waals surface area contributed by atoms with Gasteiger partial charge in [-0.2, -0.15) is 0 Å². The highest BCUT2D eigenvalue weighted by molar-refractivity contribution is 5.39. The molecule has 0 fully saturated rings. The fourth-order valence-electron chi connectivity index (χ4n) is 2.67. The Kier molecular flexibility index (Phi) is 5.70. The van der Waals surface area contributed by atoms with Gasteiger partial charge in [-0.25, -0.2) is 0 Å². The molecule has 96 valence electrons. The first kappa shape index (κ1) is 14.2. The van der Waals surface area contributed by atoms with E-state index in [2.05, 4.69) is 52.1 Å². The van der Waals surface area contributed by atoms with Crippen molar-refractivity contribution in [1.82, 2.24) is 5.32 Å². The maximum atomic E-state index is 3.63. The molecule has 0 saturated heterocycles. The topological polar surface area (TPSA) is 12.0 Å². The third-order valence-electron chi connectivity index (χ3n) is 3.40. The van der Waals surface area contributed by atoms with Crippen LogP contribution in [0.4, 0.5) is 0 Å². The van der Waals surface area contributed by atoms with E-state index >= 15 is 0 Å². The van der Waals surface area contributed by atoms with Crippen molar-refractivity contribution >= 4 is 0 Å². The maximum absolute atomic E-state index is 3.63. The fraction of sp³-hybridized carbons (Fsp3) is 0.625. The lowest BCUT2D eigenvalue weighted by Gasteiger charge is -2.20. The normalized spacial score (nSPS) is 12.8. The Morgan fingerprint density at radius 2 is 1.65 bits per heavy atom. The molecular formula is C16H27N. The number of benzene rings is 1. The van der Waals surface area contributed by atoms with Crippen LogP contribution in [0.1, 0.15) is 61.4 Å². The van der Waals surface area contributed by atoms with Crippen molar-refractivity contribution in [2.24, 2.45) is 0 Å². The van der Waals surface area contributed by atoms with Gasteiger partial charge in [-0.15, -0.1) is 0 Å². The average molecular weight is 233 g/mol. The van der Waals surface area contributed by atoms with Crippen LogP contribution in [-0.2, 0) is 0 Å². The lowest BCUT2D eigenvalue weighted by molar-refractivity contribution is 0.540. The van der Waals surface area contributed by atoms with Crippen LogP contribution < -0.4 is 5.32 Å². The summed E-state index contributed by atoms with van der Waals surface area (Å²) >= 11 is 0. The van der Waals surface area contributed by atoms with Gasteiger partial charge in [0.15, 0.2) is 0 Å². The Balaban J connectivity index is 2.65. The number of rotatable bonds is 6. The Morgan fingerprint density at radius 1 is 1.06 bits per heavy atom. The van der Waals surface area contributed by atoms with Crippen molar-refractivity contribution in [2.45, 2.75) is 59.9 Å². The van der Waals surface area contributed by atoms with Crippen LogP contribution in [0.15, 0.2) is 12.1 Å². The SMILES string of the molecule is CCCCCNC(C)c1c(C)cc(C)cc1C. The van der Waals surface area contributed by atoms with Gasteiger partial charge >= 0.3 is 0 Å². The van der Waals surface area contributed by atoms with E-state index in [1.807, 2.05) is 0 Å². The highest BCUT2D eigenvalue weighted by atomic mass is 14.9. The number of unbranched alkanes of at least 4 members (excludes halogenated alkanes) is 2. The summed E-state index contributed by atoms with van der Waals surface area (Å²) in [6.45, 7) is 12.3. The summed E-state index contributed by atoms with van der Waals surface area (Å²) in [5, 5.41) is 3.63. The molecular weight excluding hydrogens is 206 g/mol. The van der Waals surface area contributed by atoms with E-state index < -0.39 is 0 Å². The van der Waals surface area contributed by atoms with Gasteiger partial charge in [-0.3, -0.25) is 0 Å². The van der Waals surface area contributed by atoms with Crippen LogP contribution in [-0.4, -0.2) is 6.54 Å². The minimum Gasteiger partial charge on any atom is -0.310 e. The number of hydrogen-bond donors (Lipinski definition) is 1. The molecule has 0 heterocycles. The molecule has 0 bridgehead atoms. The first-order chi connectivity index (χ1) is 8.06. The summed E-state index contributed by atoms with van der Waals surface area (Å²) in [7, 11) is 0. The molecule has 0 amide bonds. The fourth-order valence-corrected chi connectivity index (χ4v) is 2.67. The molecule has 1 unspecified atom stereocenters. The van der Waals surface area contributed by atoms with Crippen molar-refractivity contribution in [3.05, 3.63) is 34.4 Å². The smallest absolute Gasteiger partial charge is 0.0297 e. The van der Waals surface area contributed by atoms with Gasteiger partial charge in [0.1, 0.15) is 0 Å². The minimum absolute atomic E-state index is 0.465. The Hall–Kier alpha value is -0.820. The van der Waals surface area contributed by atoms with E-state index in [4.69, 9.17) is 0 Å². The van der Waals surface area contributed by atoms with Gasteiger partial charge in [0.25, 0.3) is 0 Å². The Labute approximate surface area is 107 Å². The van der Waals surface area contributed by atoms with Gasteiger partial charge in [-0.05, 0) is 57.4 Å². The molecule has 0 saturated carbocycles. The second kappa shape index (κ2) is 6.80. The molecule has 0 aliphatic heterocycles. The maximum Gasteiger partial charge on any atom is 0.0297 e. The summed E-state index contributed by atoms with van der Waals surface area (Å²) < 4.78 is 0. The molecule has 0 aromatic heterocycles. The third-order valence-corrected chi connectivity index (χ3v) is 3.40. The minimum atomic E-state index is 0.465. The monoisotopic (exact) mass is 233 g/mol. The number of hydrogen-bond acceptors (Lipinski definition) is 1. The predicted molar refractivity (Wildman–Crippen MR) is 76.6 cm³/mol. The Morgan fingerprint density at radius 3 is 2.18 bits per heavy atom. The zero-order valence-corrected chi connectivity index (χ0v) is 12.1. The van der Waals surface area contributed by atoms with E-state index in [1.54, 1.807) is 0 Å². The lowest BCUT2D eigenvalue weighted by atomic mass is 9.95. The van der Waals surface area contributed by atoms with Crippen LogP contribution in [0.25, 0.3) is 0 Å². The standard InChI is InChI=1S/C16H27N/c1-6-7-8-9-17-15(5)16-13(3)10-12(2)11-14(16)4/h10-11,15,17H,6-9H2,1-5H3. The van der Waals surface area contributed by atoms with Gasteiger partial charge in [0.05, 0.1) is 0 Å². The van der Waals surface area contributed by atoms with E-state index in [0.717, 1.165) is 6.54 Å². The third kappa shape index (κ3) is 4.16. The van der Waals surface area contributed by atoms with E-state index in [0.29, 0.717) is 6.04 Å². The number of nitrogens with one attached hydrogen (secondary N) is 1. The second-order valence-corrected chi connectivity index (χ2v) is 5.20. The predicted octanol–water partition coefficient (Wildman–Crippen LogP) is 4.45. The summed E-state index contributed by atoms with van der Waals surface area (Å²) in [4.78, 5) is 0. The molecule has 1 aromatic rings. The van der Waals surface area contributed by atoms with Gasteiger partial charge in [0.2, 0.25) is 0 Å². The zero-order valence-electron chi connectivity index (χ0n) is 12.1. The molecule has 0 spiro atoms. The summed E-state index contributed by atoms with van der Waals surface area (Å²) in [6.07, 6.45) is 3.90.